The Morgan fingerprint density at radius 1 is 1.22 bits per heavy atom. The van der Waals surface area contributed by atoms with Crippen molar-refractivity contribution in [3.63, 3.8) is 0 Å². The minimum Gasteiger partial charge on any atom is -0.507 e. The fourth-order valence-corrected chi connectivity index (χ4v) is 4.03. The Hall–Kier alpha value is -2.34. The first-order valence-corrected chi connectivity index (χ1v) is 9.24. The van der Waals surface area contributed by atoms with E-state index in [9.17, 15) is 15.0 Å². The summed E-state index contributed by atoms with van der Waals surface area (Å²) >= 11 is 6.26. The zero-order valence-corrected chi connectivity index (χ0v) is 15.6. The molecule has 0 aliphatic carbocycles. The van der Waals surface area contributed by atoms with Gasteiger partial charge >= 0.3 is 0 Å². The number of hydrogen-bond donors (Lipinski definition) is 2. The number of piperidine rings is 1. The Morgan fingerprint density at radius 2 is 2.00 bits per heavy atom. The summed E-state index contributed by atoms with van der Waals surface area (Å²) in [5.41, 5.74) is 1.31. The predicted molar refractivity (Wildman–Crippen MR) is 105 cm³/mol. The van der Waals surface area contributed by atoms with Crippen molar-refractivity contribution in [1.29, 1.82) is 0 Å². The molecule has 6 heteroatoms. The van der Waals surface area contributed by atoms with E-state index in [0.717, 1.165) is 18.5 Å². The Labute approximate surface area is 161 Å². The number of halogens is 1. The highest BCUT2D eigenvalue weighted by Crippen LogP contribution is 2.37. The van der Waals surface area contributed by atoms with Gasteiger partial charge in [-0.3, -0.25) is 4.79 Å². The van der Waals surface area contributed by atoms with E-state index >= 15 is 0 Å². The van der Waals surface area contributed by atoms with Crippen LogP contribution in [0.3, 0.4) is 0 Å². The van der Waals surface area contributed by atoms with Crippen LogP contribution in [0.2, 0.25) is 5.02 Å². The molecular weight excluding hydrogens is 366 g/mol. The zero-order valence-electron chi connectivity index (χ0n) is 14.9. The molecule has 0 spiro atoms. The van der Waals surface area contributed by atoms with Gasteiger partial charge in [-0.25, -0.2) is 0 Å². The SMILES string of the molecule is CN1CC[C@H](c2ccc(O)c3c(=O)cc(-c4ccccc4Cl)oc23)[C@H](O)C1. The third kappa shape index (κ3) is 3.23. The molecule has 2 atom stereocenters. The number of fused-ring (bicyclic) bond motifs is 1. The van der Waals surface area contributed by atoms with Gasteiger partial charge in [0.2, 0.25) is 0 Å². The number of phenols is 1. The first kappa shape index (κ1) is 18.0. The van der Waals surface area contributed by atoms with E-state index in [1.54, 1.807) is 24.3 Å². The van der Waals surface area contributed by atoms with Crippen LogP contribution in [0.4, 0.5) is 0 Å². The van der Waals surface area contributed by atoms with Gasteiger partial charge < -0.3 is 19.5 Å². The van der Waals surface area contributed by atoms with Gasteiger partial charge in [0.15, 0.2) is 5.43 Å². The fourth-order valence-electron chi connectivity index (χ4n) is 3.81. The molecule has 2 heterocycles. The molecule has 0 bridgehead atoms. The van der Waals surface area contributed by atoms with Gasteiger partial charge in [-0.1, -0.05) is 29.8 Å². The first-order valence-electron chi connectivity index (χ1n) is 8.87. The van der Waals surface area contributed by atoms with Crippen molar-refractivity contribution in [3.8, 4) is 17.1 Å². The first-order chi connectivity index (χ1) is 13.0. The average Bonchev–Trinajstić information content (AvgIpc) is 2.63. The lowest BCUT2D eigenvalue weighted by molar-refractivity contribution is 0.0639. The predicted octanol–water partition coefficient (Wildman–Crippen LogP) is 3.60. The summed E-state index contributed by atoms with van der Waals surface area (Å²) < 4.78 is 6.08. The molecule has 2 N–H and O–H groups in total. The molecule has 2 aromatic carbocycles. The maximum absolute atomic E-state index is 12.7. The summed E-state index contributed by atoms with van der Waals surface area (Å²) in [4.78, 5) is 14.8. The van der Waals surface area contributed by atoms with Gasteiger partial charge in [-0.2, -0.15) is 0 Å². The standard InChI is InChI=1S/C21H20ClNO4/c1-23-9-8-12(18(26)11-23)13-6-7-16(24)20-17(25)10-19(27-21(13)20)14-4-2-3-5-15(14)22/h2-7,10,12,18,24,26H,8-9,11H2,1H3/t12-,18-/m1/s1. The number of benzene rings is 2. The molecule has 5 nitrogen and oxygen atoms in total. The van der Waals surface area contributed by atoms with E-state index in [4.69, 9.17) is 16.0 Å². The minimum atomic E-state index is -0.578. The number of phenolic OH excluding ortho intramolecular Hbond substituents is 1. The van der Waals surface area contributed by atoms with Crippen LogP contribution in [0.15, 0.2) is 51.7 Å². The van der Waals surface area contributed by atoms with Gasteiger partial charge in [-0.15, -0.1) is 0 Å². The molecule has 1 aromatic heterocycles. The van der Waals surface area contributed by atoms with E-state index in [1.807, 2.05) is 13.1 Å². The number of rotatable bonds is 2. The van der Waals surface area contributed by atoms with Crippen molar-refractivity contribution < 1.29 is 14.6 Å². The third-order valence-electron chi connectivity index (χ3n) is 5.21. The van der Waals surface area contributed by atoms with E-state index in [-0.39, 0.29) is 22.5 Å². The smallest absolute Gasteiger partial charge is 0.197 e. The van der Waals surface area contributed by atoms with E-state index in [2.05, 4.69) is 4.90 Å². The Bertz CT molecular complexity index is 1060. The molecule has 0 radical (unpaired) electrons. The molecule has 1 aliphatic rings. The van der Waals surface area contributed by atoms with Crippen LogP contribution in [0.25, 0.3) is 22.3 Å². The lowest BCUT2D eigenvalue weighted by atomic mass is 9.86. The minimum absolute atomic E-state index is 0.129. The zero-order chi connectivity index (χ0) is 19.1. The van der Waals surface area contributed by atoms with Crippen molar-refractivity contribution in [3.05, 3.63) is 63.3 Å². The van der Waals surface area contributed by atoms with Crippen LogP contribution in [0.5, 0.6) is 5.75 Å². The number of nitrogens with zero attached hydrogens (tertiary/aromatic N) is 1. The van der Waals surface area contributed by atoms with Gasteiger partial charge in [0.25, 0.3) is 0 Å². The highest BCUT2D eigenvalue weighted by Gasteiger charge is 2.30. The second-order valence-electron chi connectivity index (χ2n) is 7.06. The molecule has 1 fully saturated rings. The number of aliphatic hydroxyl groups is 1. The largest absolute Gasteiger partial charge is 0.507 e. The van der Waals surface area contributed by atoms with Crippen LogP contribution >= 0.6 is 11.6 Å². The maximum Gasteiger partial charge on any atom is 0.197 e. The van der Waals surface area contributed by atoms with Crippen LogP contribution in [-0.4, -0.2) is 41.4 Å². The van der Waals surface area contributed by atoms with Crippen LogP contribution in [-0.2, 0) is 0 Å². The summed E-state index contributed by atoms with van der Waals surface area (Å²) in [6.45, 7) is 1.38. The molecule has 140 valence electrons. The van der Waals surface area contributed by atoms with E-state index in [0.29, 0.717) is 28.5 Å². The summed E-state index contributed by atoms with van der Waals surface area (Å²) in [7, 11) is 1.96. The normalized spacial score (nSPS) is 20.9. The molecule has 1 aliphatic heterocycles. The van der Waals surface area contributed by atoms with Gasteiger partial charge in [0.1, 0.15) is 22.5 Å². The number of likely N-dealkylation sites (tertiary alicyclic amines) is 1. The summed E-state index contributed by atoms with van der Waals surface area (Å²) in [5, 5.41) is 21.4. The van der Waals surface area contributed by atoms with Crippen molar-refractivity contribution in [2.45, 2.75) is 18.4 Å². The van der Waals surface area contributed by atoms with Crippen molar-refractivity contribution in [2.75, 3.05) is 20.1 Å². The second kappa shape index (κ2) is 7.00. The highest BCUT2D eigenvalue weighted by molar-refractivity contribution is 6.33. The van der Waals surface area contributed by atoms with Crippen LogP contribution < -0.4 is 5.43 Å². The Balaban J connectivity index is 1.94. The monoisotopic (exact) mass is 385 g/mol. The molecule has 1 saturated heterocycles. The molecule has 0 saturated carbocycles. The molecular formula is C21H20ClNO4. The molecule has 4 rings (SSSR count). The van der Waals surface area contributed by atoms with E-state index < -0.39 is 6.10 Å². The van der Waals surface area contributed by atoms with E-state index in [1.165, 1.54) is 12.1 Å². The van der Waals surface area contributed by atoms with Crippen molar-refractivity contribution in [1.82, 2.24) is 4.90 Å². The summed E-state index contributed by atoms with van der Waals surface area (Å²) in [6.07, 6.45) is 0.156. The topological polar surface area (TPSA) is 73.9 Å². The highest BCUT2D eigenvalue weighted by atomic mass is 35.5. The van der Waals surface area contributed by atoms with Gasteiger partial charge in [0.05, 0.1) is 11.1 Å². The second-order valence-corrected chi connectivity index (χ2v) is 7.46. The summed E-state index contributed by atoms with van der Waals surface area (Å²) in [6, 6.07) is 11.7. The quantitative estimate of drug-likeness (QED) is 0.705. The maximum atomic E-state index is 12.7. The summed E-state index contributed by atoms with van der Waals surface area (Å²) in [5.74, 6) is 0.0388. The number of aliphatic hydroxyl groups excluding tert-OH is 1. The van der Waals surface area contributed by atoms with Gasteiger partial charge in [-0.05, 0) is 38.2 Å². The third-order valence-corrected chi connectivity index (χ3v) is 5.54. The van der Waals surface area contributed by atoms with Gasteiger partial charge in [0, 0.05) is 29.7 Å². The number of hydrogen-bond acceptors (Lipinski definition) is 5. The lowest BCUT2D eigenvalue weighted by Crippen LogP contribution is -2.40. The molecule has 0 unspecified atom stereocenters. The molecule has 3 aromatic rings. The Morgan fingerprint density at radius 3 is 2.74 bits per heavy atom. The van der Waals surface area contributed by atoms with Crippen molar-refractivity contribution >= 4 is 22.6 Å². The molecule has 27 heavy (non-hydrogen) atoms. The number of β-amino-alcohol motifs (C(OH)–C–C–N with tert-alkyl or cyclic N) is 1. The Kier molecular flexibility index (Phi) is 4.68. The number of aromatic hydroxyl groups is 1. The van der Waals surface area contributed by atoms with Crippen LogP contribution in [0.1, 0.15) is 17.9 Å². The lowest BCUT2D eigenvalue weighted by Gasteiger charge is -2.34. The molecule has 0 amide bonds. The van der Waals surface area contributed by atoms with Crippen molar-refractivity contribution in [2.24, 2.45) is 0 Å². The fraction of sp³-hybridized carbons (Fsp3) is 0.286. The van der Waals surface area contributed by atoms with Crippen LogP contribution in [0, 0.1) is 0 Å². The number of likely N-dealkylation sites (N-methyl/N-ethyl adjacent to an activating group) is 1. The average molecular weight is 386 g/mol.